The number of para-hydroxylation sites is 2. The van der Waals surface area contributed by atoms with Gasteiger partial charge in [0.1, 0.15) is 0 Å². The summed E-state index contributed by atoms with van der Waals surface area (Å²) >= 11 is 0. The minimum atomic E-state index is -0.0429. The maximum absolute atomic E-state index is 2.69. The smallest absolute Gasteiger partial charge is 0.248 e. The first kappa shape index (κ1) is 49.3. The van der Waals surface area contributed by atoms with Gasteiger partial charge in [0.25, 0.3) is 0 Å². The molecule has 4 heterocycles. The molecule has 4 aliphatic heterocycles. The third-order valence-electron chi connectivity index (χ3n) is 19.9. The molecule has 14 aromatic carbocycles. The molecule has 0 unspecified atom stereocenters. The van der Waals surface area contributed by atoms with Crippen LogP contribution in [0.3, 0.4) is 0 Å². The largest absolute Gasteiger partial charge is 0.311 e. The van der Waals surface area contributed by atoms with Gasteiger partial charge in [0.05, 0.1) is 11.4 Å². The summed E-state index contributed by atoms with van der Waals surface area (Å²) in [5, 5.41) is 8.01. The zero-order valence-electron chi connectivity index (χ0n) is 49.1. The van der Waals surface area contributed by atoms with Gasteiger partial charge in [-0.05, 0) is 221 Å². The van der Waals surface area contributed by atoms with Crippen LogP contribution in [-0.4, -0.2) is 13.4 Å². The van der Waals surface area contributed by atoms with Crippen molar-refractivity contribution < 1.29 is 0 Å². The minimum absolute atomic E-state index is 0.0429. The van der Waals surface area contributed by atoms with E-state index in [-0.39, 0.29) is 13.4 Å². The van der Waals surface area contributed by atoms with Crippen molar-refractivity contribution in [1.29, 1.82) is 0 Å². The number of nitrogens with zero attached hydrogens (tertiary/aromatic N) is 2. The normalized spacial score (nSPS) is 13.1. The number of fused-ring (bicyclic) bond motifs is 8. The highest BCUT2D eigenvalue weighted by Gasteiger charge is 2.46. The Kier molecular flexibility index (Phi) is 10.4. The molecule has 0 fully saturated rings. The fourth-order valence-corrected chi connectivity index (χ4v) is 17.0. The molecule has 0 aliphatic carbocycles. The predicted molar refractivity (Wildman–Crippen MR) is 370 cm³/mol. The lowest BCUT2D eigenvalue weighted by atomic mass is 9.31. The second-order valence-corrected chi connectivity index (χ2v) is 24.9. The van der Waals surface area contributed by atoms with E-state index < -0.39 is 0 Å². The predicted octanol–water partition coefficient (Wildman–Crippen LogP) is 17.7. The van der Waals surface area contributed by atoms with Crippen molar-refractivity contribution in [3.05, 3.63) is 276 Å². The number of hydrogen-bond acceptors (Lipinski definition) is 2. The number of benzene rings is 14. The first-order valence-corrected chi connectivity index (χ1v) is 30.6. The van der Waals surface area contributed by atoms with Crippen LogP contribution in [0.25, 0.3) is 99.1 Å². The first-order chi connectivity index (χ1) is 42.2. The van der Waals surface area contributed by atoms with Crippen molar-refractivity contribution >= 4 is 113 Å². The summed E-state index contributed by atoms with van der Waals surface area (Å²) in [5.74, 6) is 0. The van der Waals surface area contributed by atoms with Gasteiger partial charge < -0.3 is 9.80 Å². The minimum Gasteiger partial charge on any atom is -0.311 e. The molecule has 4 aliphatic rings. The van der Waals surface area contributed by atoms with E-state index in [2.05, 4.69) is 294 Å². The van der Waals surface area contributed by atoms with Gasteiger partial charge in [0.2, 0.25) is 13.4 Å². The molecular weight excluding hydrogens is 1030 g/mol. The Balaban J connectivity index is 1.05. The highest BCUT2D eigenvalue weighted by Crippen LogP contribution is 2.54. The van der Waals surface area contributed by atoms with Gasteiger partial charge in [-0.25, -0.2) is 0 Å². The van der Waals surface area contributed by atoms with Crippen molar-refractivity contribution in [2.75, 3.05) is 9.80 Å². The summed E-state index contributed by atoms with van der Waals surface area (Å²) in [7, 11) is 0. The molecular formula is C82H58B2N2. The Labute approximate surface area is 503 Å². The fraction of sp³-hybridized carbons (Fsp3) is 0.0732. The van der Waals surface area contributed by atoms with Crippen molar-refractivity contribution in [3.63, 3.8) is 0 Å². The van der Waals surface area contributed by atoms with Crippen LogP contribution in [0.5, 0.6) is 0 Å². The van der Waals surface area contributed by atoms with Crippen molar-refractivity contribution in [2.24, 2.45) is 0 Å². The molecule has 4 heteroatoms. The van der Waals surface area contributed by atoms with Crippen LogP contribution in [0.15, 0.2) is 243 Å². The van der Waals surface area contributed by atoms with Crippen LogP contribution in [0.2, 0.25) is 0 Å². The van der Waals surface area contributed by atoms with Crippen LogP contribution in [0.4, 0.5) is 34.1 Å². The van der Waals surface area contributed by atoms with E-state index in [0.29, 0.717) is 0 Å². The number of anilines is 6. The van der Waals surface area contributed by atoms with E-state index in [1.807, 2.05) is 0 Å². The Morgan fingerprint density at radius 2 is 0.581 bits per heavy atom. The molecule has 402 valence electrons. The lowest BCUT2D eigenvalue weighted by molar-refractivity contribution is 1.21. The van der Waals surface area contributed by atoms with Gasteiger partial charge in [-0.3, -0.25) is 0 Å². The van der Waals surface area contributed by atoms with E-state index in [0.717, 1.165) is 0 Å². The third-order valence-corrected chi connectivity index (χ3v) is 19.9. The van der Waals surface area contributed by atoms with Crippen LogP contribution < -0.4 is 42.6 Å². The molecule has 18 rings (SSSR count). The summed E-state index contributed by atoms with van der Waals surface area (Å²) in [6, 6.07) is 93.5. The van der Waals surface area contributed by atoms with Crippen LogP contribution in [0.1, 0.15) is 33.4 Å². The molecule has 0 atom stereocenters. The molecule has 0 saturated carbocycles. The molecule has 0 aromatic heterocycles. The molecule has 0 bridgehead atoms. The summed E-state index contributed by atoms with van der Waals surface area (Å²) < 4.78 is 0. The van der Waals surface area contributed by atoms with Gasteiger partial charge in [0.15, 0.2) is 0 Å². The fourth-order valence-electron chi connectivity index (χ4n) is 17.0. The second kappa shape index (κ2) is 18.2. The third kappa shape index (κ3) is 6.70. The molecule has 0 saturated heterocycles. The summed E-state index contributed by atoms with van der Waals surface area (Å²) in [6.45, 7) is 13.5. The maximum Gasteiger partial charge on any atom is 0.248 e. The average Bonchev–Trinajstić information content (AvgIpc) is 0.679. The van der Waals surface area contributed by atoms with E-state index in [1.165, 1.54) is 199 Å². The standard InChI is InChI=1S/C82H58B2N2/c1-47-39-49(3)81(50(4)40-47)85-71-35-19-17-33-67(71)83-69-45-65-62(58-30-16-14-28-56(58)54-25-11-8-12-26-54)44-64-60-32-22-38-74-80(60)84(68-34-18-20-36-72(68)86(74)82-51(5)41-48(2)42-52(82)6)70-46-66-61(57-29-15-13-27-55(57)53-23-9-7-10-24-53)43-63(59-31-21-37-73(85)79(59)83)75(69)77(66)78(65)76(64)70/h7-46H,1-6H3. The maximum atomic E-state index is 2.69. The van der Waals surface area contributed by atoms with E-state index in [9.17, 15) is 0 Å². The number of hydrogen-bond donors (Lipinski definition) is 0. The molecule has 0 radical (unpaired) electrons. The topological polar surface area (TPSA) is 6.48 Å². The lowest BCUT2D eigenvalue weighted by Crippen LogP contribution is -2.60. The Hall–Kier alpha value is -10.2. The van der Waals surface area contributed by atoms with Gasteiger partial charge in [-0.15, -0.1) is 0 Å². The molecule has 2 nitrogen and oxygen atoms in total. The van der Waals surface area contributed by atoms with Gasteiger partial charge in [-0.2, -0.15) is 0 Å². The molecule has 0 amide bonds. The Morgan fingerprint density at radius 1 is 0.244 bits per heavy atom. The monoisotopic (exact) mass is 1090 g/mol. The lowest BCUT2D eigenvalue weighted by Gasteiger charge is -2.43. The number of aryl methyl sites for hydroxylation is 6. The quantitative estimate of drug-likeness (QED) is 0.121. The van der Waals surface area contributed by atoms with Gasteiger partial charge >= 0.3 is 0 Å². The number of rotatable bonds is 6. The van der Waals surface area contributed by atoms with Gasteiger partial charge in [0, 0.05) is 22.7 Å². The van der Waals surface area contributed by atoms with E-state index in [4.69, 9.17) is 0 Å². The molecule has 0 N–H and O–H groups in total. The Morgan fingerprint density at radius 3 is 0.988 bits per heavy atom. The Bertz CT molecular complexity index is 4900. The second-order valence-electron chi connectivity index (χ2n) is 24.9. The highest BCUT2D eigenvalue weighted by atomic mass is 15.2. The average molecular weight is 1090 g/mol. The SMILES string of the molecule is Cc1cc(C)c(N2c3ccccc3B3c4c(cccc42)-c2cc(-c4ccccc4-c4ccccc4)c4cc5c6c(cc(-c7ccccc7-c7ccccc7)c7cc3c2c4c76)-c2cccc3c2B5c2ccccc2N3c2c(C)cc(C)cc2C)c(C)c1. The van der Waals surface area contributed by atoms with E-state index >= 15 is 0 Å². The highest BCUT2D eigenvalue weighted by molar-refractivity contribution is 7.02. The summed E-state index contributed by atoms with van der Waals surface area (Å²) in [5.41, 5.74) is 38.4. The van der Waals surface area contributed by atoms with Crippen molar-refractivity contribution in [2.45, 2.75) is 41.5 Å². The zero-order valence-corrected chi connectivity index (χ0v) is 49.1. The summed E-state index contributed by atoms with van der Waals surface area (Å²) in [6.07, 6.45) is 0. The zero-order chi connectivity index (χ0) is 57.4. The van der Waals surface area contributed by atoms with E-state index in [1.54, 1.807) is 0 Å². The van der Waals surface area contributed by atoms with Crippen molar-refractivity contribution in [1.82, 2.24) is 0 Å². The molecule has 0 spiro atoms. The molecule has 14 aromatic rings. The van der Waals surface area contributed by atoms with Crippen molar-refractivity contribution in [3.8, 4) is 66.8 Å². The van der Waals surface area contributed by atoms with Crippen LogP contribution in [0, 0.1) is 41.5 Å². The van der Waals surface area contributed by atoms with Crippen LogP contribution >= 0.6 is 0 Å². The summed E-state index contributed by atoms with van der Waals surface area (Å²) in [4.78, 5) is 5.20. The van der Waals surface area contributed by atoms with Crippen LogP contribution in [-0.2, 0) is 0 Å². The van der Waals surface area contributed by atoms with Gasteiger partial charge in [-0.1, -0.05) is 228 Å². The first-order valence-electron chi connectivity index (χ1n) is 30.6. The molecule has 86 heavy (non-hydrogen) atoms.